The third-order valence-corrected chi connectivity index (χ3v) is 3.63. The smallest absolute Gasteiger partial charge is 0.0322 e. The Morgan fingerprint density at radius 2 is 1.50 bits per heavy atom. The average Bonchev–Trinajstić information content (AvgIpc) is 2.25. The second-order valence-electron chi connectivity index (χ2n) is 4.69. The number of benzene rings is 1. The normalized spacial score (nSPS) is 12.9. The van der Waals surface area contributed by atoms with Crippen molar-refractivity contribution < 1.29 is 0 Å². The summed E-state index contributed by atoms with van der Waals surface area (Å²) in [5.74, 6) is 0. The second-order valence-corrected chi connectivity index (χ2v) is 4.69. The Morgan fingerprint density at radius 1 is 1.00 bits per heavy atom. The fourth-order valence-corrected chi connectivity index (χ4v) is 2.47. The van der Waals surface area contributed by atoms with Gasteiger partial charge in [0.2, 0.25) is 0 Å². The van der Waals surface area contributed by atoms with E-state index in [0.29, 0.717) is 6.04 Å². The average molecular weight is 219 g/mol. The van der Waals surface area contributed by atoms with Gasteiger partial charge in [-0.25, -0.2) is 0 Å². The minimum absolute atomic E-state index is 0.503. The largest absolute Gasteiger partial charge is 0.310 e. The van der Waals surface area contributed by atoms with Crippen molar-refractivity contribution in [3.63, 3.8) is 0 Å². The Morgan fingerprint density at radius 3 is 1.88 bits per heavy atom. The van der Waals surface area contributed by atoms with Crippen LogP contribution in [0.15, 0.2) is 6.07 Å². The van der Waals surface area contributed by atoms with Crippen LogP contribution < -0.4 is 5.32 Å². The van der Waals surface area contributed by atoms with Gasteiger partial charge in [-0.1, -0.05) is 19.9 Å². The zero-order valence-corrected chi connectivity index (χ0v) is 11.6. The molecule has 1 rings (SSSR count). The number of hydrogen-bond donors (Lipinski definition) is 1. The van der Waals surface area contributed by atoms with E-state index in [9.17, 15) is 0 Å². The first kappa shape index (κ1) is 13.2. The summed E-state index contributed by atoms with van der Waals surface area (Å²) in [6.45, 7) is 14.4. The van der Waals surface area contributed by atoms with Crippen LogP contribution in [0.25, 0.3) is 0 Å². The van der Waals surface area contributed by atoms with Gasteiger partial charge in [0.05, 0.1) is 0 Å². The molecule has 0 saturated heterocycles. The summed E-state index contributed by atoms with van der Waals surface area (Å²) >= 11 is 0. The van der Waals surface area contributed by atoms with E-state index in [4.69, 9.17) is 0 Å². The Kier molecular flexibility index (Phi) is 4.55. The lowest BCUT2D eigenvalue weighted by Crippen LogP contribution is -2.22. The van der Waals surface area contributed by atoms with Gasteiger partial charge in [0.15, 0.2) is 0 Å². The Balaban J connectivity index is 3.29. The molecular formula is C15H25N. The highest BCUT2D eigenvalue weighted by atomic mass is 14.9. The zero-order chi connectivity index (χ0) is 12.3. The fraction of sp³-hybridized carbons (Fsp3) is 0.600. The third kappa shape index (κ3) is 2.46. The summed E-state index contributed by atoms with van der Waals surface area (Å²) in [5.41, 5.74) is 7.25. The van der Waals surface area contributed by atoms with Crippen LogP contribution in [0.1, 0.15) is 54.1 Å². The SMILES string of the molecule is CCNC(CC)c1c(C)c(C)cc(C)c1C. The van der Waals surface area contributed by atoms with E-state index >= 15 is 0 Å². The van der Waals surface area contributed by atoms with Crippen molar-refractivity contribution in [1.82, 2.24) is 5.32 Å². The fourth-order valence-electron chi connectivity index (χ4n) is 2.47. The molecule has 0 heterocycles. The second kappa shape index (κ2) is 5.49. The Hall–Kier alpha value is -0.820. The number of hydrogen-bond acceptors (Lipinski definition) is 1. The van der Waals surface area contributed by atoms with Crippen molar-refractivity contribution in [3.05, 3.63) is 33.9 Å². The molecule has 1 aromatic carbocycles. The van der Waals surface area contributed by atoms with Crippen LogP contribution in [0.3, 0.4) is 0 Å². The molecular weight excluding hydrogens is 194 g/mol. The van der Waals surface area contributed by atoms with E-state index in [2.05, 4.69) is 52.9 Å². The van der Waals surface area contributed by atoms with Gasteiger partial charge in [-0.3, -0.25) is 0 Å². The van der Waals surface area contributed by atoms with Gasteiger partial charge in [0.25, 0.3) is 0 Å². The first-order valence-corrected chi connectivity index (χ1v) is 6.33. The lowest BCUT2D eigenvalue weighted by molar-refractivity contribution is 0.532. The summed E-state index contributed by atoms with van der Waals surface area (Å²) in [6.07, 6.45) is 1.15. The highest BCUT2D eigenvalue weighted by Gasteiger charge is 2.15. The molecule has 1 aromatic rings. The van der Waals surface area contributed by atoms with Gasteiger partial charge in [0, 0.05) is 6.04 Å². The quantitative estimate of drug-likeness (QED) is 0.807. The van der Waals surface area contributed by atoms with E-state index < -0.39 is 0 Å². The van der Waals surface area contributed by atoms with E-state index in [1.165, 1.54) is 27.8 Å². The molecule has 0 amide bonds. The van der Waals surface area contributed by atoms with Crippen molar-refractivity contribution in [2.24, 2.45) is 0 Å². The molecule has 0 aliphatic rings. The van der Waals surface area contributed by atoms with Gasteiger partial charge in [-0.15, -0.1) is 0 Å². The first-order chi connectivity index (χ1) is 7.52. The summed E-state index contributed by atoms with van der Waals surface area (Å²) in [5, 5.41) is 3.58. The summed E-state index contributed by atoms with van der Waals surface area (Å²) in [6, 6.07) is 2.80. The van der Waals surface area contributed by atoms with E-state index in [0.717, 1.165) is 13.0 Å². The van der Waals surface area contributed by atoms with Gasteiger partial charge < -0.3 is 5.32 Å². The predicted octanol–water partition coefficient (Wildman–Crippen LogP) is 3.98. The van der Waals surface area contributed by atoms with Crippen molar-refractivity contribution in [2.75, 3.05) is 6.54 Å². The van der Waals surface area contributed by atoms with E-state index in [1.807, 2.05) is 0 Å². The molecule has 0 bridgehead atoms. The Labute approximate surface area is 100 Å². The van der Waals surface area contributed by atoms with Crippen molar-refractivity contribution in [2.45, 2.75) is 54.0 Å². The van der Waals surface area contributed by atoms with E-state index in [1.54, 1.807) is 0 Å². The third-order valence-electron chi connectivity index (χ3n) is 3.63. The van der Waals surface area contributed by atoms with Crippen LogP contribution in [0.5, 0.6) is 0 Å². The number of rotatable bonds is 4. The van der Waals surface area contributed by atoms with Gasteiger partial charge in [-0.2, -0.15) is 0 Å². The van der Waals surface area contributed by atoms with Crippen LogP contribution >= 0.6 is 0 Å². The minimum atomic E-state index is 0.503. The monoisotopic (exact) mass is 219 g/mol. The Bertz CT molecular complexity index is 340. The summed E-state index contributed by atoms with van der Waals surface area (Å²) in [4.78, 5) is 0. The van der Waals surface area contributed by atoms with Crippen LogP contribution in [0.2, 0.25) is 0 Å². The molecule has 0 aliphatic heterocycles. The molecule has 1 atom stereocenters. The molecule has 1 heteroatoms. The maximum atomic E-state index is 3.58. The molecule has 0 aliphatic carbocycles. The summed E-state index contributed by atoms with van der Waals surface area (Å²) < 4.78 is 0. The maximum absolute atomic E-state index is 3.58. The molecule has 1 N–H and O–H groups in total. The topological polar surface area (TPSA) is 12.0 Å². The molecule has 90 valence electrons. The van der Waals surface area contributed by atoms with Crippen LogP contribution in [0.4, 0.5) is 0 Å². The van der Waals surface area contributed by atoms with Gasteiger partial charge in [-0.05, 0) is 68.5 Å². The number of nitrogens with one attached hydrogen (secondary N) is 1. The molecule has 1 nitrogen and oxygen atoms in total. The first-order valence-electron chi connectivity index (χ1n) is 6.33. The van der Waals surface area contributed by atoms with Crippen molar-refractivity contribution in [1.29, 1.82) is 0 Å². The minimum Gasteiger partial charge on any atom is -0.310 e. The molecule has 0 aromatic heterocycles. The van der Waals surface area contributed by atoms with Crippen molar-refractivity contribution in [3.8, 4) is 0 Å². The highest BCUT2D eigenvalue weighted by molar-refractivity contribution is 5.45. The van der Waals surface area contributed by atoms with E-state index in [-0.39, 0.29) is 0 Å². The predicted molar refractivity (Wildman–Crippen MR) is 72.1 cm³/mol. The lowest BCUT2D eigenvalue weighted by atomic mass is 9.89. The lowest BCUT2D eigenvalue weighted by Gasteiger charge is -2.23. The maximum Gasteiger partial charge on any atom is 0.0322 e. The summed E-state index contributed by atoms with van der Waals surface area (Å²) in [7, 11) is 0. The molecule has 0 fully saturated rings. The van der Waals surface area contributed by atoms with Crippen LogP contribution in [0, 0.1) is 27.7 Å². The van der Waals surface area contributed by atoms with Gasteiger partial charge >= 0.3 is 0 Å². The molecule has 0 spiro atoms. The standard InChI is InChI=1S/C15H25N/c1-7-14(16-8-2)15-12(5)10(3)9-11(4)13(15)6/h9,14,16H,7-8H2,1-6H3. The zero-order valence-electron chi connectivity index (χ0n) is 11.6. The van der Waals surface area contributed by atoms with Crippen LogP contribution in [-0.2, 0) is 0 Å². The molecule has 16 heavy (non-hydrogen) atoms. The number of aryl methyl sites for hydroxylation is 2. The van der Waals surface area contributed by atoms with Gasteiger partial charge in [0.1, 0.15) is 0 Å². The molecule has 1 unspecified atom stereocenters. The van der Waals surface area contributed by atoms with Crippen molar-refractivity contribution >= 4 is 0 Å². The van der Waals surface area contributed by atoms with Crippen LogP contribution in [-0.4, -0.2) is 6.54 Å². The highest BCUT2D eigenvalue weighted by Crippen LogP contribution is 2.28. The molecule has 0 saturated carbocycles. The molecule has 0 radical (unpaired) electrons.